The number of thioether (sulfide) groups is 1. The number of carbonyl (C=O) groups excluding carboxylic acids is 2. The maximum Gasteiger partial charge on any atom is 0.418 e. The fourth-order valence-corrected chi connectivity index (χ4v) is 3.71. The number of rotatable bonds is 5. The zero-order chi connectivity index (χ0) is 21.9. The highest BCUT2D eigenvalue weighted by Crippen LogP contribution is 2.34. The number of nitrogens with one attached hydrogen (secondary N) is 1. The summed E-state index contributed by atoms with van der Waals surface area (Å²) in [5, 5.41) is 2.21. The molecule has 1 saturated heterocycles. The molecule has 0 aromatic heterocycles. The molecular weight excluding hydrogens is 437 g/mol. The second-order valence-corrected chi connectivity index (χ2v) is 7.87. The predicted molar refractivity (Wildman–Crippen MR) is 113 cm³/mol. The molecule has 0 aliphatic carbocycles. The number of nitrogens with zero attached hydrogens (tertiary/aromatic N) is 1. The summed E-state index contributed by atoms with van der Waals surface area (Å²) in [5.74, 6) is -0.544. The van der Waals surface area contributed by atoms with Crippen LogP contribution in [0.15, 0.2) is 53.4 Å². The minimum atomic E-state index is -4.58. The second-order valence-electron chi connectivity index (χ2n) is 6.19. The molecule has 2 aromatic carbocycles. The third-order valence-corrected chi connectivity index (χ3v) is 5.53. The zero-order valence-electron chi connectivity index (χ0n) is 15.5. The largest absolute Gasteiger partial charge is 0.484 e. The number of ether oxygens (including phenoxy) is 1. The van der Waals surface area contributed by atoms with Crippen LogP contribution in [0.4, 0.5) is 18.9 Å². The Morgan fingerprint density at radius 1 is 1.20 bits per heavy atom. The van der Waals surface area contributed by atoms with Crippen LogP contribution in [-0.2, 0) is 15.8 Å². The zero-order valence-corrected chi connectivity index (χ0v) is 17.2. The number of para-hydroxylation sites is 1. The molecule has 1 aliphatic heterocycles. The van der Waals surface area contributed by atoms with Gasteiger partial charge in [-0.1, -0.05) is 48.2 Å². The van der Waals surface area contributed by atoms with Crippen molar-refractivity contribution in [1.82, 2.24) is 4.90 Å². The van der Waals surface area contributed by atoms with Gasteiger partial charge in [-0.3, -0.25) is 14.5 Å². The number of halogens is 3. The SMILES string of the molecule is CN1C(=O)/C(=C/c2ccc(OCC(=O)Nc3ccccc3C(F)(F)F)cc2)SC1=S. The first-order valence-electron chi connectivity index (χ1n) is 8.55. The van der Waals surface area contributed by atoms with E-state index in [0.717, 1.165) is 11.6 Å². The van der Waals surface area contributed by atoms with E-state index < -0.39 is 24.3 Å². The Bertz CT molecular complexity index is 1020. The Morgan fingerprint density at radius 3 is 2.47 bits per heavy atom. The molecule has 0 bridgehead atoms. The van der Waals surface area contributed by atoms with Gasteiger partial charge in [-0.2, -0.15) is 13.2 Å². The fraction of sp³-hybridized carbons (Fsp3) is 0.150. The Hall–Kier alpha value is -2.85. The lowest BCUT2D eigenvalue weighted by Crippen LogP contribution is -2.22. The molecule has 1 N–H and O–H groups in total. The van der Waals surface area contributed by atoms with E-state index >= 15 is 0 Å². The Labute approximate surface area is 179 Å². The van der Waals surface area contributed by atoms with Crippen LogP contribution in [0, 0.1) is 0 Å². The third kappa shape index (κ3) is 5.19. The first kappa shape index (κ1) is 21.8. The number of hydrogen-bond donors (Lipinski definition) is 1. The van der Waals surface area contributed by atoms with Crippen LogP contribution < -0.4 is 10.1 Å². The molecule has 2 aromatic rings. The van der Waals surface area contributed by atoms with Crippen LogP contribution in [0.1, 0.15) is 11.1 Å². The summed E-state index contributed by atoms with van der Waals surface area (Å²) in [6.45, 7) is -0.458. The van der Waals surface area contributed by atoms with E-state index in [9.17, 15) is 22.8 Å². The lowest BCUT2D eigenvalue weighted by molar-refractivity contribution is -0.137. The minimum Gasteiger partial charge on any atom is -0.484 e. The van der Waals surface area contributed by atoms with Crippen molar-refractivity contribution in [3.8, 4) is 5.75 Å². The summed E-state index contributed by atoms with van der Waals surface area (Å²) in [6.07, 6.45) is -2.89. The average Bonchev–Trinajstić information content (AvgIpc) is 2.94. The molecular formula is C20H15F3N2O3S2. The van der Waals surface area contributed by atoms with E-state index in [2.05, 4.69) is 5.32 Å². The number of hydrogen-bond acceptors (Lipinski definition) is 5. The van der Waals surface area contributed by atoms with Crippen LogP contribution in [0.25, 0.3) is 6.08 Å². The Morgan fingerprint density at radius 2 is 1.87 bits per heavy atom. The first-order valence-corrected chi connectivity index (χ1v) is 9.78. The summed E-state index contributed by atoms with van der Waals surface area (Å²) in [7, 11) is 1.60. The molecule has 1 fully saturated rings. The maximum atomic E-state index is 13.0. The number of likely N-dealkylation sites (N-methyl/N-ethyl adjacent to an activating group) is 1. The number of alkyl halides is 3. The van der Waals surface area contributed by atoms with E-state index in [-0.39, 0.29) is 11.6 Å². The molecule has 30 heavy (non-hydrogen) atoms. The molecule has 2 amide bonds. The molecule has 0 unspecified atom stereocenters. The smallest absolute Gasteiger partial charge is 0.418 e. The molecule has 3 rings (SSSR count). The molecule has 0 spiro atoms. The van der Waals surface area contributed by atoms with E-state index in [0.29, 0.717) is 15.0 Å². The second kappa shape index (κ2) is 8.88. The van der Waals surface area contributed by atoms with E-state index in [1.807, 2.05) is 0 Å². The van der Waals surface area contributed by atoms with E-state index in [1.165, 1.54) is 34.9 Å². The van der Waals surface area contributed by atoms with Crippen molar-refractivity contribution in [1.29, 1.82) is 0 Å². The molecule has 1 heterocycles. The van der Waals surface area contributed by atoms with Gasteiger partial charge in [0.15, 0.2) is 6.61 Å². The third-order valence-electron chi connectivity index (χ3n) is 4.04. The van der Waals surface area contributed by atoms with Gasteiger partial charge >= 0.3 is 6.18 Å². The van der Waals surface area contributed by atoms with Crippen molar-refractivity contribution >= 4 is 51.9 Å². The van der Waals surface area contributed by atoms with Gasteiger partial charge < -0.3 is 10.1 Å². The van der Waals surface area contributed by atoms with Gasteiger partial charge in [0.2, 0.25) is 0 Å². The Kier molecular flexibility index (Phi) is 6.47. The van der Waals surface area contributed by atoms with Gasteiger partial charge in [0.25, 0.3) is 11.8 Å². The van der Waals surface area contributed by atoms with Crippen LogP contribution in [0.2, 0.25) is 0 Å². The van der Waals surface area contributed by atoms with Crippen molar-refractivity contribution < 1.29 is 27.5 Å². The molecule has 1 aliphatic rings. The lowest BCUT2D eigenvalue weighted by Gasteiger charge is -2.13. The molecule has 156 valence electrons. The van der Waals surface area contributed by atoms with Gasteiger partial charge in [-0.25, -0.2) is 0 Å². The summed E-state index contributed by atoms with van der Waals surface area (Å²) < 4.78 is 44.7. The van der Waals surface area contributed by atoms with Gasteiger partial charge in [-0.15, -0.1) is 0 Å². The summed E-state index contributed by atoms with van der Waals surface area (Å²) in [5.41, 5.74) is -0.526. The highest BCUT2D eigenvalue weighted by Gasteiger charge is 2.33. The molecule has 0 radical (unpaired) electrons. The van der Waals surface area contributed by atoms with Crippen molar-refractivity contribution in [2.24, 2.45) is 0 Å². The van der Waals surface area contributed by atoms with Gasteiger partial charge in [0.1, 0.15) is 10.1 Å². The number of amides is 2. The van der Waals surface area contributed by atoms with Crippen LogP contribution in [-0.4, -0.2) is 34.7 Å². The van der Waals surface area contributed by atoms with Crippen molar-refractivity contribution in [2.45, 2.75) is 6.18 Å². The molecule has 0 saturated carbocycles. The quantitative estimate of drug-likeness (QED) is 0.533. The monoisotopic (exact) mass is 452 g/mol. The lowest BCUT2D eigenvalue weighted by atomic mass is 10.1. The number of benzene rings is 2. The minimum absolute atomic E-state index is 0.180. The fourth-order valence-electron chi connectivity index (χ4n) is 2.53. The summed E-state index contributed by atoms with van der Waals surface area (Å²) in [6, 6.07) is 11.3. The average molecular weight is 452 g/mol. The van der Waals surface area contributed by atoms with E-state index in [4.69, 9.17) is 17.0 Å². The molecule has 10 heteroatoms. The highest BCUT2D eigenvalue weighted by atomic mass is 32.2. The van der Waals surface area contributed by atoms with Crippen molar-refractivity contribution in [2.75, 3.05) is 19.0 Å². The first-order chi connectivity index (χ1) is 14.1. The van der Waals surface area contributed by atoms with Crippen molar-refractivity contribution in [3.05, 3.63) is 64.6 Å². The van der Waals surface area contributed by atoms with Crippen LogP contribution >= 0.6 is 24.0 Å². The highest BCUT2D eigenvalue weighted by molar-refractivity contribution is 8.26. The number of carbonyl (C=O) groups is 2. The predicted octanol–water partition coefficient (Wildman–Crippen LogP) is 4.55. The summed E-state index contributed by atoms with van der Waals surface area (Å²) >= 11 is 6.28. The number of thiocarbonyl (C=S) groups is 1. The standard InChI is InChI=1S/C20H15F3N2O3S2/c1-25-18(27)16(30-19(25)29)10-12-6-8-13(9-7-12)28-11-17(26)24-15-5-3-2-4-14(15)20(21,22)23/h2-10H,11H2,1H3,(H,24,26)/b16-10-. The number of anilines is 1. The topological polar surface area (TPSA) is 58.6 Å². The Balaban J connectivity index is 1.59. The molecule has 5 nitrogen and oxygen atoms in total. The van der Waals surface area contributed by atoms with Gasteiger partial charge in [-0.05, 0) is 35.9 Å². The normalized spacial score (nSPS) is 15.6. The van der Waals surface area contributed by atoms with Gasteiger partial charge in [0, 0.05) is 7.05 Å². The van der Waals surface area contributed by atoms with Crippen LogP contribution in [0.3, 0.4) is 0 Å². The molecule has 0 atom stereocenters. The maximum absolute atomic E-state index is 13.0. The van der Waals surface area contributed by atoms with Crippen molar-refractivity contribution in [3.63, 3.8) is 0 Å². The van der Waals surface area contributed by atoms with Gasteiger partial charge in [0.05, 0.1) is 16.2 Å². The summed E-state index contributed by atoms with van der Waals surface area (Å²) in [4.78, 5) is 25.9. The van der Waals surface area contributed by atoms with E-state index in [1.54, 1.807) is 37.4 Å². The van der Waals surface area contributed by atoms with Crippen LogP contribution in [0.5, 0.6) is 5.75 Å².